The van der Waals surface area contributed by atoms with E-state index in [1.54, 1.807) is 11.6 Å². The van der Waals surface area contributed by atoms with Crippen molar-refractivity contribution < 1.29 is 13.2 Å². The normalized spacial score (nSPS) is 20.9. The van der Waals surface area contributed by atoms with Crippen LogP contribution in [0.4, 0.5) is 13.2 Å². The number of imidazole rings is 1. The lowest BCUT2D eigenvalue weighted by Gasteiger charge is -2.17. The SMILES string of the molecule is Cn1c(CC(F)(F)F)nc2c1CCC(N)C2. The first-order valence-electron chi connectivity index (χ1n) is 5.22. The molecule has 1 unspecified atom stereocenters. The van der Waals surface area contributed by atoms with Crippen molar-refractivity contribution in [3.05, 3.63) is 17.2 Å². The van der Waals surface area contributed by atoms with Crippen LogP contribution in [0.2, 0.25) is 0 Å². The third kappa shape index (κ3) is 2.21. The number of aromatic nitrogens is 2. The summed E-state index contributed by atoms with van der Waals surface area (Å²) >= 11 is 0. The molecule has 6 heteroatoms. The zero-order chi connectivity index (χ0) is 11.9. The second-order valence-electron chi connectivity index (χ2n) is 4.28. The van der Waals surface area contributed by atoms with Crippen LogP contribution in [-0.2, 0) is 26.3 Å². The average Bonchev–Trinajstić information content (AvgIpc) is 2.40. The van der Waals surface area contributed by atoms with Gasteiger partial charge in [-0.3, -0.25) is 0 Å². The van der Waals surface area contributed by atoms with Crippen molar-refractivity contribution in [2.75, 3.05) is 0 Å². The summed E-state index contributed by atoms with van der Waals surface area (Å²) in [6.45, 7) is 0. The van der Waals surface area contributed by atoms with E-state index in [0.717, 1.165) is 24.2 Å². The molecule has 0 saturated carbocycles. The molecule has 1 heterocycles. The summed E-state index contributed by atoms with van der Waals surface area (Å²) in [6, 6.07) is 0.0288. The van der Waals surface area contributed by atoms with Gasteiger partial charge >= 0.3 is 6.18 Å². The number of nitrogens with zero attached hydrogens (tertiary/aromatic N) is 2. The Morgan fingerprint density at radius 3 is 2.81 bits per heavy atom. The Kier molecular flexibility index (Phi) is 2.69. The molecule has 0 bridgehead atoms. The molecule has 3 nitrogen and oxygen atoms in total. The van der Waals surface area contributed by atoms with E-state index in [-0.39, 0.29) is 11.9 Å². The highest BCUT2D eigenvalue weighted by atomic mass is 19.4. The Morgan fingerprint density at radius 2 is 2.19 bits per heavy atom. The van der Waals surface area contributed by atoms with Crippen LogP contribution in [0, 0.1) is 0 Å². The highest BCUT2D eigenvalue weighted by Gasteiger charge is 2.32. The molecule has 0 radical (unpaired) electrons. The zero-order valence-corrected chi connectivity index (χ0v) is 9.01. The second-order valence-corrected chi connectivity index (χ2v) is 4.28. The van der Waals surface area contributed by atoms with E-state index in [1.165, 1.54) is 0 Å². The van der Waals surface area contributed by atoms with E-state index in [9.17, 15) is 13.2 Å². The van der Waals surface area contributed by atoms with Crippen LogP contribution >= 0.6 is 0 Å². The van der Waals surface area contributed by atoms with Gasteiger partial charge in [0.25, 0.3) is 0 Å². The van der Waals surface area contributed by atoms with Crippen LogP contribution in [-0.4, -0.2) is 21.8 Å². The molecular weight excluding hydrogens is 219 g/mol. The van der Waals surface area contributed by atoms with Gasteiger partial charge in [-0.15, -0.1) is 0 Å². The lowest BCUT2D eigenvalue weighted by molar-refractivity contribution is -0.128. The first kappa shape index (κ1) is 11.4. The smallest absolute Gasteiger partial charge is 0.335 e. The number of hydrogen-bond donors (Lipinski definition) is 1. The summed E-state index contributed by atoms with van der Waals surface area (Å²) in [5, 5.41) is 0. The fourth-order valence-corrected chi connectivity index (χ4v) is 2.13. The van der Waals surface area contributed by atoms with Crippen LogP contribution in [0.5, 0.6) is 0 Å². The minimum Gasteiger partial charge on any atom is -0.335 e. The van der Waals surface area contributed by atoms with Crippen molar-refractivity contribution in [2.45, 2.75) is 37.9 Å². The van der Waals surface area contributed by atoms with Gasteiger partial charge in [-0.25, -0.2) is 4.98 Å². The van der Waals surface area contributed by atoms with Crippen LogP contribution in [0.1, 0.15) is 23.6 Å². The van der Waals surface area contributed by atoms with Crippen molar-refractivity contribution in [1.29, 1.82) is 0 Å². The zero-order valence-electron chi connectivity index (χ0n) is 9.01. The molecule has 0 aliphatic heterocycles. The van der Waals surface area contributed by atoms with E-state index in [0.29, 0.717) is 6.42 Å². The predicted octanol–water partition coefficient (Wildman–Crippen LogP) is 1.34. The van der Waals surface area contributed by atoms with E-state index >= 15 is 0 Å². The van der Waals surface area contributed by atoms with Crippen molar-refractivity contribution in [3.63, 3.8) is 0 Å². The molecule has 2 N–H and O–H groups in total. The highest BCUT2D eigenvalue weighted by Crippen LogP contribution is 2.25. The summed E-state index contributed by atoms with van der Waals surface area (Å²) in [7, 11) is 1.64. The second kappa shape index (κ2) is 3.76. The standard InChI is InChI=1S/C10H14F3N3/c1-16-8-3-2-6(14)4-7(8)15-9(16)5-10(11,12)13/h6H,2-5,14H2,1H3. The lowest BCUT2D eigenvalue weighted by Crippen LogP contribution is -2.28. The predicted molar refractivity (Wildman–Crippen MR) is 53.0 cm³/mol. The summed E-state index contributed by atoms with van der Waals surface area (Å²) in [5.41, 5.74) is 7.40. The summed E-state index contributed by atoms with van der Waals surface area (Å²) in [4.78, 5) is 4.05. The van der Waals surface area contributed by atoms with E-state index in [1.807, 2.05) is 0 Å². The molecule has 2 rings (SSSR count). The van der Waals surface area contributed by atoms with Gasteiger partial charge in [0.15, 0.2) is 0 Å². The molecule has 1 atom stereocenters. The van der Waals surface area contributed by atoms with Crippen molar-refractivity contribution in [1.82, 2.24) is 9.55 Å². The molecule has 1 aromatic rings. The number of alkyl halides is 3. The molecule has 1 aliphatic carbocycles. The Morgan fingerprint density at radius 1 is 1.50 bits per heavy atom. The maximum absolute atomic E-state index is 12.3. The molecule has 90 valence electrons. The highest BCUT2D eigenvalue weighted by molar-refractivity contribution is 5.22. The van der Waals surface area contributed by atoms with E-state index < -0.39 is 12.6 Å². The van der Waals surface area contributed by atoms with Gasteiger partial charge in [0, 0.05) is 25.2 Å². The van der Waals surface area contributed by atoms with Crippen LogP contribution in [0.3, 0.4) is 0 Å². The number of hydrogen-bond acceptors (Lipinski definition) is 2. The molecule has 0 aromatic carbocycles. The summed E-state index contributed by atoms with van der Waals surface area (Å²) < 4.78 is 38.4. The molecule has 0 fully saturated rings. The third-order valence-electron chi connectivity index (χ3n) is 2.96. The Bertz CT molecular complexity index is 395. The number of fused-ring (bicyclic) bond motifs is 1. The molecular formula is C10H14F3N3. The first-order valence-corrected chi connectivity index (χ1v) is 5.22. The van der Waals surface area contributed by atoms with Gasteiger partial charge in [-0.05, 0) is 12.8 Å². The van der Waals surface area contributed by atoms with Gasteiger partial charge in [-0.2, -0.15) is 13.2 Å². The Labute approximate surface area is 91.5 Å². The van der Waals surface area contributed by atoms with E-state index in [4.69, 9.17) is 5.73 Å². The Balaban J connectivity index is 2.29. The quantitative estimate of drug-likeness (QED) is 0.795. The van der Waals surface area contributed by atoms with Crippen LogP contribution < -0.4 is 5.73 Å². The minimum atomic E-state index is -4.20. The van der Waals surface area contributed by atoms with Crippen molar-refractivity contribution in [2.24, 2.45) is 12.8 Å². The van der Waals surface area contributed by atoms with E-state index in [2.05, 4.69) is 4.98 Å². The molecule has 0 spiro atoms. The lowest BCUT2D eigenvalue weighted by atomic mass is 9.97. The average molecular weight is 233 g/mol. The maximum Gasteiger partial charge on any atom is 0.396 e. The fraction of sp³-hybridized carbons (Fsp3) is 0.700. The number of halogens is 3. The van der Waals surface area contributed by atoms with Gasteiger partial charge in [-0.1, -0.05) is 0 Å². The fourth-order valence-electron chi connectivity index (χ4n) is 2.13. The van der Waals surface area contributed by atoms with Gasteiger partial charge in [0.1, 0.15) is 12.2 Å². The van der Waals surface area contributed by atoms with Crippen LogP contribution in [0.15, 0.2) is 0 Å². The number of rotatable bonds is 1. The first-order chi connectivity index (χ1) is 7.37. The van der Waals surface area contributed by atoms with Crippen LogP contribution in [0.25, 0.3) is 0 Å². The minimum absolute atomic E-state index is 0.0288. The summed E-state index contributed by atoms with van der Waals surface area (Å²) in [6.07, 6.45) is -3.05. The van der Waals surface area contributed by atoms with Gasteiger partial charge in [0.2, 0.25) is 0 Å². The summed E-state index contributed by atoms with van der Waals surface area (Å²) in [5.74, 6) is 0.0894. The third-order valence-corrected chi connectivity index (χ3v) is 2.96. The number of nitrogens with two attached hydrogens (primary N) is 1. The van der Waals surface area contributed by atoms with Gasteiger partial charge < -0.3 is 10.3 Å². The molecule has 1 aliphatic rings. The van der Waals surface area contributed by atoms with Crippen molar-refractivity contribution >= 4 is 0 Å². The molecule has 16 heavy (non-hydrogen) atoms. The molecule has 0 amide bonds. The van der Waals surface area contributed by atoms with Gasteiger partial charge in [0.05, 0.1) is 5.69 Å². The molecule has 0 saturated heterocycles. The molecule has 1 aromatic heterocycles. The topological polar surface area (TPSA) is 43.8 Å². The largest absolute Gasteiger partial charge is 0.396 e. The monoisotopic (exact) mass is 233 g/mol. The Hall–Kier alpha value is -1.04. The van der Waals surface area contributed by atoms with Crippen molar-refractivity contribution in [3.8, 4) is 0 Å². The maximum atomic E-state index is 12.3.